The van der Waals surface area contributed by atoms with Gasteiger partial charge >= 0.3 is 0 Å². The molecule has 0 bridgehead atoms. The molecule has 0 spiro atoms. The van der Waals surface area contributed by atoms with Crippen LogP contribution in [0.4, 0.5) is 0 Å². The van der Waals surface area contributed by atoms with Crippen molar-refractivity contribution in [2.75, 3.05) is 0 Å². The Hall–Kier alpha value is -1.11. The van der Waals surface area contributed by atoms with Crippen LogP contribution in [0.2, 0.25) is 0 Å². The summed E-state index contributed by atoms with van der Waals surface area (Å²) in [5.41, 5.74) is 3.38. The lowest BCUT2D eigenvalue weighted by atomic mass is 9.83. The molecular weight excluding hydrogens is 184 g/mol. The topological polar surface area (TPSA) is 17.1 Å². The van der Waals surface area contributed by atoms with Crippen LogP contribution in [0.25, 0.3) is 0 Å². The third-order valence-corrected chi connectivity index (χ3v) is 3.50. The molecule has 0 radical (unpaired) electrons. The first kappa shape index (κ1) is 10.4. The Balaban J connectivity index is 2.21. The summed E-state index contributed by atoms with van der Waals surface area (Å²) in [5, 5.41) is 0. The zero-order valence-corrected chi connectivity index (χ0v) is 9.33. The van der Waals surface area contributed by atoms with Crippen molar-refractivity contribution in [3.05, 3.63) is 34.9 Å². The molecule has 1 saturated carbocycles. The van der Waals surface area contributed by atoms with Gasteiger partial charge in [-0.1, -0.05) is 37.5 Å². The third kappa shape index (κ3) is 2.28. The second-order valence-corrected chi connectivity index (χ2v) is 4.57. The Kier molecular flexibility index (Phi) is 3.20. The van der Waals surface area contributed by atoms with Crippen LogP contribution in [-0.4, -0.2) is 6.29 Å². The number of hydrogen-bond donors (Lipinski definition) is 0. The second-order valence-electron chi connectivity index (χ2n) is 4.57. The Morgan fingerprint density at radius 3 is 2.53 bits per heavy atom. The number of benzene rings is 1. The molecule has 0 heterocycles. The second kappa shape index (κ2) is 4.61. The molecule has 0 amide bonds. The molecule has 0 atom stereocenters. The van der Waals surface area contributed by atoms with Crippen LogP contribution in [0.1, 0.15) is 59.5 Å². The van der Waals surface area contributed by atoms with Gasteiger partial charge in [0.2, 0.25) is 0 Å². The molecule has 0 N–H and O–H groups in total. The van der Waals surface area contributed by atoms with Gasteiger partial charge in [0, 0.05) is 5.56 Å². The molecule has 1 nitrogen and oxygen atoms in total. The van der Waals surface area contributed by atoms with Gasteiger partial charge in [-0.05, 0) is 36.8 Å². The van der Waals surface area contributed by atoms with Crippen molar-refractivity contribution in [2.45, 2.75) is 44.9 Å². The van der Waals surface area contributed by atoms with E-state index in [0.717, 1.165) is 23.3 Å². The van der Waals surface area contributed by atoms with E-state index in [-0.39, 0.29) is 0 Å². The molecule has 1 aliphatic rings. The maximum absolute atomic E-state index is 10.7. The summed E-state index contributed by atoms with van der Waals surface area (Å²) in [6.07, 6.45) is 7.69. The minimum Gasteiger partial charge on any atom is -0.298 e. The highest BCUT2D eigenvalue weighted by Gasteiger charge is 2.15. The van der Waals surface area contributed by atoms with Crippen LogP contribution >= 0.6 is 0 Å². The van der Waals surface area contributed by atoms with Crippen molar-refractivity contribution in [2.24, 2.45) is 0 Å². The lowest BCUT2D eigenvalue weighted by Gasteiger charge is -2.22. The predicted molar refractivity (Wildman–Crippen MR) is 62.4 cm³/mol. The summed E-state index contributed by atoms with van der Waals surface area (Å²) in [6.45, 7) is 2.02. The van der Waals surface area contributed by atoms with Crippen molar-refractivity contribution in [3.8, 4) is 0 Å². The van der Waals surface area contributed by atoms with E-state index in [4.69, 9.17) is 0 Å². The highest BCUT2D eigenvalue weighted by atomic mass is 16.1. The summed E-state index contributed by atoms with van der Waals surface area (Å²) in [6, 6.07) is 6.29. The summed E-state index contributed by atoms with van der Waals surface area (Å²) in [5.74, 6) is 0.734. The summed E-state index contributed by atoms with van der Waals surface area (Å²) in [7, 11) is 0. The average molecular weight is 202 g/mol. The molecule has 1 aromatic rings. The lowest BCUT2D eigenvalue weighted by molar-refractivity contribution is 0.112. The van der Waals surface area contributed by atoms with E-state index >= 15 is 0 Å². The zero-order chi connectivity index (χ0) is 10.7. The van der Waals surface area contributed by atoms with E-state index in [9.17, 15) is 4.79 Å². The van der Waals surface area contributed by atoms with Gasteiger partial charge in [-0.2, -0.15) is 0 Å². The molecule has 0 aliphatic heterocycles. The van der Waals surface area contributed by atoms with Crippen molar-refractivity contribution < 1.29 is 4.79 Å². The van der Waals surface area contributed by atoms with Gasteiger partial charge in [-0.25, -0.2) is 0 Å². The molecule has 1 aromatic carbocycles. The van der Waals surface area contributed by atoms with Gasteiger partial charge in [0.25, 0.3) is 0 Å². The number of hydrogen-bond acceptors (Lipinski definition) is 1. The van der Waals surface area contributed by atoms with Crippen molar-refractivity contribution in [1.29, 1.82) is 0 Å². The predicted octanol–water partition coefficient (Wildman–Crippen LogP) is 3.86. The zero-order valence-electron chi connectivity index (χ0n) is 9.33. The molecule has 2 rings (SSSR count). The minimum atomic E-state index is 0.734. The fraction of sp³-hybridized carbons (Fsp3) is 0.500. The number of carbonyl (C=O) groups is 1. The molecule has 1 aliphatic carbocycles. The summed E-state index contributed by atoms with van der Waals surface area (Å²) < 4.78 is 0. The SMILES string of the molecule is Cc1cc(C2CCCCC2)ccc1C=O. The van der Waals surface area contributed by atoms with Crippen molar-refractivity contribution in [3.63, 3.8) is 0 Å². The maximum atomic E-state index is 10.7. The Morgan fingerprint density at radius 2 is 1.93 bits per heavy atom. The van der Waals surface area contributed by atoms with E-state index in [1.54, 1.807) is 0 Å². The Bertz CT molecular complexity index is 348. The Labute approximate surface area is 91.5 Å². The monoisotopic (exact) mass is 202 g/mol. The molecule has 1 heteroatoms. The van der Waals surface area contributed by atoms with Crippen LogP contribution in [0.3, 0.4) is 0 Å². The van der Waals surface area contributed by atoms with E-state index in [2.05, 4.69) is 12.1 Å². The van der Waals surface area contributed by atoms with Crippen molar-refractivity contribution in [1.82, 2.24) is 0 Å². The first-order valence-corrected chi connectivity index (χ1v) is 5.87. The number of carbonyl (C=O) groups excluding carboxylic acids is 1. The normalized spacial score (nSPS) is 17.7. The van der Waals surface area contributed by atoms with Crippen LogP contribution in [0, 0.1) is 6.92 Å². The van der Waals surface area contributed by atoms with Crippen molar-refractivity contribution >= 4 is 6.29 Å². The van der Waals surface area contributed by atoms with Gasteiger partial charge in [-0.15, -0.1) is 0 Å². The standard InChI is InChI=1S/C14H18O/c1-11-9-13(7-8-14(11)10-15)12-5-3-2-4-6-12/h7-10,12H,2-6H2,1H3. The molecule has 1 fully saturated rings. The van der Waals surface area contributed by atoms with Gasteiger partial charge in [0.1, 0.15) is 6.29 Å². The van der Waals surface area contributed by atoms with Crippen LogP contribution in [0.5, 0.6) is 0 Å². The maximum Gasteiger partial charge on any atom is 0.150 e. The summed E-state index contributed by atoms with van der Waals surface area (Å²) >= 11 is 0. The van der Waals surface area contributed by atoms with E-state index < -0.39 is 0 Å². The Morgan fingerprint density at radius 1 is 1.20 bits per heavy atom. The first-order valence-electron chi connectivity index (χ1n) is 5.87. The molecule has 0 unspecified atom stereocenters. The largest absolute Gasteiger partial charge is 0.298 e. The van der Waals surface area contributed by atoms with Gasteiger partial charge in [0.05, 0.1) is 0 Å². The third-order valence-electron chi connectivity index (χ3n) is 3.50. The van der Waals surface area contributed by atoms with E-state index in [1.165, 1.54) is 37.7 Å². The highest BCUT2D eigenvalue weighted by molar-refractivity contribution is 5.77. The smallest absolute Gasteiger partial charge is 0.150 e. The lowest BCUT2D eigenvalue weighted by Crippen LogP contribution is -2.05. The first-order chi connectivity index (χ1) is 7.31. The molecule has 80 valence electrons. The molecule has 15 heavy (non-hydrogen) atoms. The van der Waals surface area contributed by atoms with Gasteiger partial charge in [-0.3, -0.25) is 4.79 Å². The fourth-order valence-electron chi connectivity index (χ4n) is 2.52. The van der Waals surface area contributed by atoms with Crippen LogP contribution in [0.15, 0.2) is 18.2 Å². The fourth-order valence-corrected chi connectivity index (χ4v) is 2.52. The van der Waals surface area contributed by atoms with Gasteiger partial charge in [0.15, 0.2) is 0 Å². The summed E-state index contributed by atoms with van der Waals surface area (Å²) in [4.78, 5) is 10.7. The minimum absolute atomic E-state index is 0.734. The molecule has 0 saturated heterocycles. The van der Waals surface area contributed by atoms with E-state index in [1.807, 2.05) is 13.0 Å². The van der Waals surface area contributed by atoms with Crippen LogP contribution < -0.4 is 0 Å². The van der Waals surface area contributed by atoms with Crippen LogP contribution in [-0.2, 0) is 0 Å². The quantitative estimate of drug-likeness (QED) is 0.666. The number of rotatable bonds is 2. The molecular formula is C14H18O. The highest BCUT2D eigenvalue weighted by Crippen LogP contribution is 2.33. The number of aldehydes is 1. The van der Waals surface area contributed by atoms with Gasteiger partial charge < -0.3 is 0 Å². The average Bonchev–Trinajstić information content (AvgIpc) is 2.30. The molecule has 0 aromatic heterocycles. The van der Waals surface area contributed by atoms with E-state index in [0.29, 0.717) is 0 Å². The number of aryl methyl sites for hydroxylation is 1.